The van der Waals surface area contributed by atoms with Crippen LogP contribution in [0.15, 0.2) is 55.6 Å². The molecule has 0 atom stereocenters. The molecule has 0 aliphatic carbocycles. The van der Waals surface area contributed by atoms with E-state index in [4.69, 9.17) is 9.47 Å². The predicted octanol–water partition coefficient (Wildman–Crippen LogP) is 4.33. The monoisotopic (exact) mass is 284 g/mol. The Balaban J connectivity index is 2.19. The molecule has 1 rings (SSSR count). The van der Waals surface area contributed by atoms with Crippen LogP contribution in [0.25, 0.3) is 0 Å². The number of benzene rings is 1. The molecule has 1 aromatic carbocycles. The van der Waals surface area contributed by atoms with Crippen LogP contribution in [0.1, 0.15) is 31.2 Å². The summed E-state index contributed by atoms with van der Waals surface area (Å²) in [6.07, 6.45) is 7.13. The van der Waals surface area contributed by atoms with Crippen LogP contribution in [0.4, 0.5) is 0 Å². The van der Waals surface area contributed by atoms with E-state index in [1.54, 1.807) is 12.2 Å². The van der Waals surface area contributed by atoms with Crippen molar-refractivity contribution >= 4 is 0 Å². The van der Waals surface area contributed by atoms with Crippen LogP contribution >= 0.6 is 0 Å². The maximum atomic E-state index is 5.55. The average Bonchev–Trinajstić information content (AvgIpc) is 2.53. The minimum atomic E-state index is -0.178. The van der Waals surface area contributed by atoms with Gasteiger partial charge in [0.25, 0.3) is 0 Å². The van der Waals surface area contributed by atoms with Crippen molar-refractivity contribution in [3.63, 3.8) is 0 Å². The van der Waals surface area contributed by atoms with Crippen molar-refractivity contribution in [3.8, 4) is 11.8 Å². The van der Waals surface area contributed by atoms with Gasteiger partial charge in [-0.05, 0) is 31.4 Å². The van der Waals surface area contributed by atoms with Crippen LogP contribution in [0.2, 0.25) is 0 Å². The zero-order valence-electron chi connectivity index (χ0n) is 12.6. The van der Waals surface area contributed by atoms with Crippen molar-refractivity contribution < 1.29 is 9.47 Å². The van der Waals surface area contributed by atoms with E-state index in [1.165, 1.54) is 0 Å². The van der Waals surface area contributed by atoms with Gasteiger partial charge in [-0.3, -0.25) is 0 Å². The third kappa shape index (κ3) is 8.86. The first-order valence-corrected chi connectivity index (χ1v) is 7.35. The fourth-order valence-electron chi connectivity index (χ4n) is 1.78. The Bertz CT molecular complexity index is 441. The molecule has 0 heterocycles. The summed E-state index contributed by atoms with van der Waals surface area (Å²) in [6.45, 7) is 8.31. The molecule has 0 N–H and O–H groups in total. The van der Waals surface area contributed by atoms with E-state index >= 15 is 0 Å². The standard InChI is InChI=1S/C19H24O2/c1-3-16-20-19(21-17-4-2)15-11-6-5-8-12-18-13-9-7-10-14-18/h3-4,7,9-10,13-14,19H,1-2,5-6,11,15-17H2. The van der Waals surface area contributed by atoms with Crippen LogP contribution in [0.3, 0.4) is 0 Å². The second-order valence-corrected chi connectivity index (χ2v) is 4.59. The van der Waals surface area contributed by atoms with Crippen molar-refractivity contribution in [1.82, 2.24) is 0 Å². The van der Waals surface area contributed by atoms with E-state index in [9.17, 15) is 0 Å². The summed E-state index contributed by atoms with van der Waals surface area (Å²) in [6, 6.07) is 10.0. The third-order valence-corrected chi connectivity index (χ3v) is 2.80. The van der Waals surface area contributed by atoms with Crippen LogP contribution in [-0.2, 0) is 9.47 Å². The van der Waals surface area contributed by atoms with E-state index in [0.29, 0.717) is 13.2 Å². The lowest BCUT2D eigenvalue weighted by atomic mass is 10.1. The second kappa shape index (κ2) is 12.0. The molecule has 1 aromatic rings. The van der Waals surface area contributed by atoms with Crippen LogP contribution in [0, 0.1) is 11.8 Å². The van der Waals surface area contributed by atoms with Crippen LogP contribution < -0.4 is 0 Å². The number of hydrogen-bond acceptors (Lipinski definition) is 2. The molecule has 0 radical (unpaired) electrons. The van der Waals surface area contributed by atoms with Gasteiger partial charge in [-0.25, -0.2) is 0 Å². The Morgan fingerprint density at radius 2 is 1.67 bits per heavy atom. The van der Waals surface area contributed by atoms with Gasteiger partial charge in [0.15, 0.2) is 6.29 Å². The van der Waals surface area contributed by atoms with Crippen molar-refractivity contribution in [2.45, 2.75) is 32.0 Å². The zero-order valence-corrected chi connectivity index (χ0v) is 12.6. The van der Waals surface area contributed by atoms with Gasteiger partial charge in [0, 0.05) is 12.0 Å². The van der Waals surface area contributed by atoms with Gasteiger partial charge in [-0.15, -0.1) is 13.2 Å². The fourth-order valence-corrected chi connectivity index (χ4v) is 1.78. The number of unbranched alkanes of at least 4 members (excludes halogenated alkanes) is 2. The lowest BCUT2D eigenvalue weighted by Crippen LogP contribution is -2.17. The predicted molar refractivity (Wildman–Crippen MR) is 87.9 cm³/mol. The van der Waals surface area contributed by atoms with Gasteiger partial charge >= 0.3 is 0 Å². The third-order valence-electron chi connectivity index (χ3n) is 2.80. The lowest BCUT2D eigenvalue weighted by molar-refractivity contribution is -0.131. The highest BCUT2D eigenvalue weighted by atomic mass is 16.7. The largest absolute Gasteiger partial charge is 0.349 e. The highest BCUT2D eigenvalue weighted by molar-refractivity contribution is 5.33. The maximum Gasteiger partial charge on any atom is 0.158 e. The summed E-state index contributed by atoms with van der Waals surface area (Å²) in [5, 5.41) is 0. The van der Waals surface area contributed by atoms with Gasteiger partial charge in [-0.1, -0.05) is 42.2 Å². The molecule has 2 heteroatoms. The number of ether oxygens (including phenoxy) is 2. The molecule has 0 aliphatic heterocycles. The Kier molecular flexibility index (Phi) is 9.82. The fraction of sp³-hybridized carbons (Fsp3) is 0.368. The molecule has 0 unspecified atom stereocenters. The first-order valence-electron chi connectivity index (χ1n) is 7.35. The molecule has 112 valence electrons. The van der Waals surface area contributed by atoms with Crippen molar-refractivity contribution in [2.75, 3.05) is 13.2 Å². The molecule has 2 nitrogen and oxygen atoms in total. The minimum Gasteiger partial charge on any atom is -0.349 e. The van der Waals surface area contributed by atoms with E-state index < -0.39 is 0 Å². The number of hydrogen-bond donors (Lipinski definition) is 0. The van der Waals surface area contributed by atoms with E-state index in [0.717, 1.165) is 31.2 Å². The summed E-state index contributed by atoms with van der Waals surface area (Å²) >= 11 is 0. The summed E-state index contributed by atoms with van der Waals surface area (Å²) in [5.74, 6) is 6.36. The molecule has 21 heavy (non-hydrogen) atoms. The molecule has 0 spiro atoms. The van der Waals surface area contributed by atoms with Crippen LogP contribution in [0.5, 0.6) is 0 Å². The molecular weight excluding hydrogens is 260 g/mol. The first-order chi connectivity index (χ1) is 10.4. The molecule has 0 amide bonds. The lowest BCUT2D eigenvalue weighted by Gasteiger charge is -2.16. The van der Waals surface area contributed by atoms with E-state index in [-0.39, 0.29) is 6.29 Å². The summed E-state index contributed by atoms with van der Waals surface area (Å²) < 4.78 is 11.1. The summed E-state index contributed by atoms with van der Waals surface area (Å²) in [5.41, 5.74) is 1.07. The van der Waals surface area contributed by atoms with Gasteiger partial charge in [0.05, 0.1) is 13.2 Å². The van der Waals surface area contributed by atoms with Crippen LogP contribution in [-0.4, -0.2) is 19.5 Å². The normalized spacial score (nSPS) is 9.95. The molecule has 0 fully saturated rings. The van der Waals surface area contributed by atoms with Gasteiger partial charge in [-0.2, -0.15) is 0 Å². The Hall–Kier alpha value is -1.82. The maximum absolute atomic E-state index is 5.55. The smallest absolute Gasteiger partial charge is 0.158 e. The molecular formula is C19H24O2. The summed E-state index contributed by atoms with van der Waals surface area (Å²) in [7, 11) is 0. The molecule has 0 aromatic heterocycles. The first kappa shape index (κ1) is 17.2. The van der Waals surface area contributed by atoms with E-state index in [2.05, 4.69) is 25.0 Å². The van der Waals surface area contributed by atoms with Crippen molar-refractivity contribution in [3.05, 3.63) is 61.2 Å². The van der Waals surface area contributed by atoms with Gasteiger partial charge in [0.2, 0.25) is 0 Å². The quantitative estimate of drug-likeness (QED) is 0.275. The molecule has 0 bridgehead atoms. The number of rotatable bonds is 10. The summed E-state index contributed by atoms with van der Waals surface area (Å²) in [4.78, 5) is 0. The Labute approximate surface area is 128 Å². The average molecular weight is 284 g/mol. The second-order valence-electron chi connectivity index (χ2n) is 4.59. The highest BCUT2D eigenvalue weighted by Gasteiger charge is 2.07. The Morgan fingerprint density at radius 1 is 1.00 bits per heavy atom. The molecule has 0 saturated carbocycles. The molecule has 0 aliphatic rings. The molecule has 0 saturated heterocycles. The van der Waals surface area contributed by atoms with E-state index in [1.807, 2.05) is 30.3 Å². The van der Waals surface area contributed by atoms with Crippen molar-refractivity contribution in [2.24, 2.45) is 0 Å². The Morgan fingerprint density at radius 3 is 2.29 bits per heavy atom. The highest BCUT2D eigenvalue weighted by Crippen LogP contribution is 2.08. The van der Waals surface area contributed by atoms with Crippen molar-refractivity contribution in [1.29, 1.82) is 0 Å². The van der Waals surface area contributed by atoms with Gasteiger partial charge < -0.3 is 9.47 Å². The van der Waals surface area contributed by atoms with Gasteiger partial charge in [0.1, 0.15) is 0 Å². The SMILES string of the molecule is C=CCOC(CCCCC#Cc1ccccc1)OCC=C. The zero-order chi connectivity index (χ0) is 15.2. The minimum absolute atomic E-state index is 0.178. The topological polar surface area (TPSA) is 18.5 Å².